The Balaban J connectivity index is 0. The first-order chi connectivity index (χ1) is 5.44. The largest absolute Gasteiger partial charge is 0.375 e. The Hall–Kier alpha value is 0.480. The van der Waals surface area contributed by atoms with E-state index in [1.807, 2.05) is 0 Å². The van der Waals surface area contributed by atoms with Crippen LogP contribution >= 0.6 is 47.2 Å². The summed E-state index contributed by atoms with van der Waals surface area (Å²) >= 11 is 12.2. The van der Waals surface area contributed by atoms with E-state index in [-0.39, 0.29) is 12.4 Å². The molecule has 1 nitrogen and oxygen atoms in total. The van der Waals surface area contributed by atoms with E-state index in [0.29, 0.717) is 0 Å². The van der Waals surface area contributed by atoms with Crippen LogP contribution < -0.4 is 0 Å². The second-order valence-electron chi connectivity index (χ2n) is 1.92. The van der Waals surface area contributed by atoms with E-state index in [9.17, 15) is 26.7 Å². The van der Waals surface area contributed by atoms with E-state index in [0.717, 1.165) is 0 Å². The molecule has 0 aromatic heterocycles. The minimum Gasteiger partial charge on any atom is -0.274 e. The first-order valence-electron chi connectivity index (χ1n) is 2.47. The van der Waals surface area contributed by atoms with Gasteiger partial charge in [-0.2, -0.15) is 17.6 Å². The molecule has 14 heavy (non-hydrogen) atoms. The molecular formula is C4HCl4F5O. The molecule has 0 saturated heterocycles. The standard InChI is InChI=1S/C4Cl3F5O.ClH/c5-1(13)2(8,9)3(6,10)4(7,11)12;/h;1H. The lowest BCUT2D eigenvalue weighted by atomic mass is 10.2. The van der Waals surface area contributed by atoms with Crippen LogP contribution in [0, 0.1) is 0 Å². The van der Waals surface area contributed by atoms with E-state index in [4.69, 9.17) is 0 Å². The van der Waals surface area contributed by atoms with Crippen LogP contribution in [0.2, 0.25) is 0 Å². The Bertz CT molecular complexity index is 224. The lowest BCUT2D eigenvalue weighted by molar-refractivity contribution is -0.176. The van der Waals surface area contributed by atoms with Crippen molar-refractivity contribution < 1.29 is 26.7 Å². The second kappa shape index (κ2) is 4.55. The van der Waals surface area contributed by atoms with E-state index in [2.05, 4.69) is 34.8 Å². The second-order valence-corrected chi connectivity index (χ2v) is 3.26. The van der Waals surface area contributed by atoms with E-state index in [1.165, 1.54) is 0 Å². The smallest absolute Gasteiger partial charge is 0.274 e. The fourth-order valence-electron chi connectivity index (χ4n) is 0.301. The number of hydrogen-bond acceptors (Lipinski definition) is 1. The highest BCUT2D eigenvalue weighted by molar-refractivity contribution is 6.66. The molecule has 1 atom stereocenters. The van der Waals surface area contributed by atoms with Crippen LogP contribution in [0.3, 0.4) is 0 Å². The van der Waals surface area contributed by atoms with Crippen molar-refractivity contribution in [2.45, 2.75) is 16.4 Å². The van der Waals surface area contributed by atoms with Crippen LogP contribution in [0.4, 0.5) is 22.0 Å². The Morgan fingerprint density at radius 3 is 1.36 bits per heavy atom. The van der Waals surface area contributed by atoms with Gasteiger partial charge in [0.05, 0.1) is 0 Å². The maximum absolute atomic E-state index is 12.5. The predicted octanol–water partition coefficient (Wildman–Crippen LogP) is 3.55. The average Bonchev–Trinajstić information content (AvgIpc) is 1.84. The van der Waals surface area contributed by atoms with Gasteiger partial charge in [0.15, 0.2) is 0 Å². The normalized spacial score (nSPS) is 16.9. The summed E-state index contributed by atoms with van der Waals surface area (Å²) in [4.78, 5) is 9.86. The Morgan fingerprint density at radius 2 is 1.29 bits per heavy atom. The van der Waals surface area contributed by atoms with Gasteiger partial charge >= 0.3 is 16.4 Å². The number of alkyl halides is 7. The van der Waals surface area contributed by atoms with Gasteiger partial charge in [0, 0.05) is 0 Å². The summed E-state index contributed by atoms with van der Waals surface area (Å²) < 4.78 is 60.8. The fourth-order valence-corrected chi connectivity index (χ4v) is 0.685. The topological polar surface area (TPSA) is 17.1 Å². The van der Waals surface area contributed by atoms with Crippen molar-refractivity contribution in [2.24, 2.45) is 0 Å². The Kier molecular flexibility index (Phi) is 5.49. The molecule has 1 unspecified atom stereocenters. The zero-order valence-electron chi connectivity index (χ0n) is 5.84. The highest BCUT2D eigenvalue weighted by atomic mass is 35.5. The van der Waals surface area contributed by atoms with Gasteiger partial charge in [-0.25, -0.2) is 4.39 Å². The molecule has 0 heterocycles. The molecule has 0 bridgehead atoms. The number of rotatable bonds is 3. The molecule has 0 saturated carbocycles. The quantitative estimate of drug-likeness (QED) is 0.443. The minimum atomic E-state index is -5.28. The Morgan fingerprint density at radius 1 is 1.00 bits per heavy atom. The van der Waals surface area contributed by atoms with Crippen LogP contribution in [0.1, 0.15) is 0 Å². The molecule has 0 radical (unpaired) electrons. The summed E-state index contributed by atoms with van der Waals surface area (Å²) in [5, 5.41) is -12.8. The van der Waals surface area contributed by atoms with Crippen LogP contribution in [-0.2, 0) is 4.79 Å². The highest BCUT2D eigenvalue weighted by Gasteiger charge is 2.72. The van der Waals surface area contributed by atoms with Crippen molar-refractivity contribution in [2.75, 3.05) is 0 Å². The first-order valence-corrected chi connectivity index (χ1v) is 3.60. The molecule has 0 rings (SSSR count). The maximum atomic E-state index is 12.5. The molecule has 0 spiro atoms. The van der Waals surface area contributed by atoms with Gasteiger partial charge in [-0.15, -0.1) is 12.4 Å². The van der Waals surface area contributed by atoms with Gasteiger partial charge in [0.25, 0.3) is 5.24 Å². The average molecular weight is 302 g/mol. The van der Waals surface area contributed by atoms with Crippen LogP contribution in [-0.4, -0.2) is 21.7 Å². The molecular weight excluding hydrogens is 301 g/mol. The molecule has 0 aliphatic carbocycles. The number of carbonyl (C=O) groups excluding carboxylic acids is 1. The third-order valence-corrected chi connectivity index (χ3v) is 2.07. The van der Waals surface area contributed by atoms with Crippen molar-refractivity contribution in [3.8, 4) is 0 Å². The van der Waals surface area contributed by atoms with Crippen LogP contribution in [0.25, 0.3) is 0 Å². The van der Waals surface area contributed by atoms with E-state index in [1.54, 1.807) is 0 Å². The first kappa shape index (κ1) is 16.9. The molecule has 0 aromatic rings. The van der Waals surface area contributed by atoms with Gasteiger partial charge in [0.1, 0.15) is 0 Å². The summed E-state index contributed by atoms with van der Waals surface area (Å²) in [6.07, 6.45) is 0. The monoisotopic (exact) mass is 300 g/mol. The lowest BCUT2D eigenvalue weighted by Crippen LogP contribution is -2.53. The van der Waals surface area contributed by atoms with Crippen molar-refractivity contribution >= 4 is 52.5 Å². The summed E-state index contributed by atoms with van der Waals surface area (Å²) in [5.41, 5.74) is 0. The summed E-state index contributed by atoms with van der Waals surface area (Å²) in [7, 11) is 0. The van der Waals surface area contributed by atoms with Crippen molar-refractivity contribution in [1.29, 1.82) is 0 Å². The van der Waals surface area contributed by atoms with Crippen molar-refractivity contribution in [3.63, 3.8) is 0 Å². The van der Waals surface area contributed by atoms with Crippen molar-refractivity contribution in [3.05, 3.63) is 0 Å². The third kappa shape index (κ3) is 2.74. The highest BCUT2D eigenvalue weighted by Crippen LogP contribution is 2.50. The number of halogens is 9. The summed E-state index contributed by atoms with van der Waals surface area (Å²) in [5.74, 6) is -5.28. The van der Waals surface area contributed by atoms with Gasteiger partial charge in [-0.05, 0) is 23.2 Å². The fraction of sp³-hybridized carbons (Fsp3) is 0.750. The summed E-state index contributed by atoms with van der Waals surface area (Å²) in [6.45, 7) is 0. The van der Waals surface area contributed by atoms with Gasteiger partial charge < -0.3 is 0 Å². The third-order valence-electron chi connectivity index (χ3n) is 0.997. The summed E-state index contributed by atoms with van der Waals surface area (Å²) in [6, 6.07) is 0. The number of carbonyl (C=O) groups is 1. The maximum Gasteiger partial charge on any atom is 0.375 e. The number of hydrogen-bond donors (Lipinski definition) is 0. The van der Waals surface area contributed by atoms with Crippen molar-refractivity contribution in [1.82, 2.24) is 0 Å². The van der Waals surface area contributed by atoms with E-state index < -0.39 is 21.7 Å². The van der Waals surface area contributed by atoms with Crippen LogP contribution in [0.5, 0.6) is 0 Å². The van der Waals surface area contributed by atoms with Gasteiger partial charge in [-0.3, -0.25) is 4.79 Å². The molecule has 0 aromatic carbocycles. The SMILES string of the molecule is Cl.O=C(Cl)C(F)(F)C(F)(Cl)C(F)(F)Cl. The molecule has 10 heteroatoms. The molecule has 0 fully saturated rings. The minimum absolute atomic E-state index is 0. The van der Waals surface area contributed by atoms with E-state index >= 15 is 0 Å². The lowest BCUT2D eigenvalue weighted by Gasteiger charge is -2.27. The molecule has 86 valence electrons. The molecule has 0 aliphatic rings. The zero-order chi connectivity index (χ0) is 11.1. The zero-order valence-corrected chi connectivity index (χ0v) is 8.92. The van der Waals surface area contributed by atoms with Gasteiger partial charge in [-0.1, -0.05) is 11.6 Å². The Labute approximate surface area is 95.9 Å². The molecule has 0 aliphatic heterocycles. The molecule has 0 N–H and O–H groups in total. The molecule has 0 amide bonds. The van der Waals surface area contributed by atoms with Gasteiger partial charge in [0.2, 0.25) is 0 Å². The van der Waals surface area contributed by atoms with Crippen LogP contribution in [0.15, 0.2) is 0 Å². The predicted molar refractivity (Wildman–Crippen MR) is 43.5 cm³/mol.